The van der Waals surface area contributed by atoms with Crippen LogP contribution in [0.1, 0.15) is 26.3 Å². The van der Waals surface area contributed by atoms with Crippen molar-refractivity contribution >= 4 is 17.6 Å². The fourth-order valence-corrected chi connectivity index (χ4v) is 1.40. The van der Waals surface area contributed by atoms with Gasteiger partial charge < -0.3 is 9.47 Å². The molecule has 0 atom stereocenters. The second kappa shape index (κ2) is 7.93. The summed E-state index contributed by atoms with van der Waals surface area (Å²) in [4.78, 5) is 22.4. The average molecular weight is 278 g/mol. The molecule has 0 spiro atoms. The maximum absolute atomic E-state index is 11.3. The Hall–Kier alpha value is -2.37. The lowest BCUT2D eigenvalue weighted by Gasteiger charge is -2.05. The van der Waals surface area contributed by atoms with Crippen LogP contribution in [-0.4, -0.2) is 30.8 Å². The van der Waals surface area contributed by atoms with E-state index >= 15 is 0 Å². The summed E-state index contributed by atoms with van der Waals surface area (Å²) in [5.74, 6) is -1.08. The number of nitrogens with one attached hydrogen (secondary N) is 1. The summed E-state index contributed by atoms with van der Waals surface area (Å²) in [6, 6.07) is 7.26. The van der Waals surface area contributed by atoms with Gasteiger partial charge in [0.15, 0.2) is 0 Å². The molecule has 0 aliphatic carbocycles. The summed E-state index contributed by atoms with van der Waals surface area (Å²) in [6.07, 6.45) is 0. The molecule has 0 saturated carbocycles. The van der Waals surface area contributed by atoms with Gasteiger partial charge in [-0.1, -0.05) is 0 Å². The van der Waals surface area contributed by atoms with Crippen molar-refractivity contribution in [2.24, 2.45) is 5.10 Å². The predicted molar refractivity (Wildman–Crippen MR) is 74.6 cm³/mol. The van der Waals surface area contributed by atoms with Crippen LogP contribution in [0.3, 0.4) is 0 Å². The molecule has 108 valence electrons. The van der Waals surface area contributed by atoms with Crippen molar-refractivity contribution in [2.45, 2.75) is 20.8 Å². The van der Waals surface area contributed by atoms with Gasteiger partial charge in [-0.05, 0) is 50.6 Å². The van der Waals surface area contributed by atoms with Crippen LogP contribution in [0.15, 0.2) is 29.4 Å². The Morgan fingerprint density at radius 2 is 1.80 bits per heavy atom. The van der Waals surface area contributed by atoms with Crippen LogP contribution >= 0.6 is 0 Å². The number of esters is 1. The molecular weight excluding hydrogens is 260 g/mol. The minimum atomic E-state index is -0.948. The highest BCUT2D eigenvalue weighted by molar-refractivity contribution is 6.32. The zero-order chi connectivity index (χ0) is 15.0. The lowest BCUT2D eigenvalue weighted by atomic mass is 10.1. The number of hydrogen-bond donors (Lipinski definition) is 1. The van der Waals surface area contributed by atoms with Crippen LogP contribution in [0, 0.1) is 0 Å². The molecule has 0 fully saturated rings. The standard InChI is InChI=1S/C14H18N2O4/c1-4-19-12-8-6-11(7-9-12)10(3)15-16-13(17)14(18)20-5-2/h6-9H,4-5H2,1-3H3,(H,16,17)/b15-10-. The summed E-state index contributed by atoms with van der Waals surface area (Å²) in [5, 5.41) is 3.85. The fourth-order valence-electron chi connectivity index (χ4n) is 1.40. The quantitative estimate of drug-likeness (QED) is 0.383. The zero-order valence-corrected chi connectivity index (χ0v) is 11.8. The third-order valence-electron chi connectivity index (χ3n) is 2.37. The first-order chi connectivity index (χ1) is 9.58. The monoisotopic (exact) mass is 278 g/mol. The Kier molecular flexibility index (Phi) is 6.22. The molecule has 0 bridgehead atoms. The SMILES string of the molecule is CCOC(=O)C(=O)N/N=C(/C)c1ccc(OCC)cc1. The smallest absolute Gasteiger partial charge is 0.398 e. The highest BCUT2D eigenvalue weighted by Gasteiger charge is 2.13. The predicted octanol–water partition coefficient (Wildman–Crippen LogP) is 1.49. The lowest BCUT2D eigenvalue weighted by Crippen LogP contribution is -2.29. The van der Waals surface area contributed by atoms with E-state index in [1.165, 1.54) is 0 Å². The molecule has 0 radical (unpaired) electrons. The van der Waals surface area contributed by atoms with Gasteiger partial charge in [-0.25, -0.2) is 10.2 Å². The number of carbonyl (C=O) groups is 2. The van der Waals surface area contributed by atoms with Crippen molar-refractivity contribution in [2.75, 3.05) is 13.2 Å². The molecular formula is C14H18N2O4. The number of hydrazone groups is 1. The summed E-state index contributed by atoms with van der Waals surface area (Å²) < 4.78 is 9.87. The maximum atomic E-state index is 11.3. The van der Waals surface area contributed by atoms with E-state index in [1.54, 1.807) is 13.8 Å². The van der Waals surface area contributed by atoms with E-state index in [4.69, 9.17) is 4.74 Å². The highest BCUT2D eigenvalue weighted by Crippen LogP contribution is 2.12. The molecule has 1 rings (SSSR count). The normalized spacial score (nSPS) is 10.8. The van der Waals surface area contributed by atoms with Crippen LogP contribution in [0.4, 0.5) is 0 Å². The van der Waals surface area contributed by atoms with E-state index in [1.807, 2.05) is 31.2 Å². The molecule has 1 amide bonds. The van der Waals surface area contributed by atoms with Crippen LogP contribution in [0.2, 0.25) is 0 Å². The number of nitrogens with zero attached hydrogens (tertiary/aromatic N) is 1. The Labute approximate surface area is 117 Å². The van der Waals surface area contributed by atoms with E-state index in [0.29, 0.717) is 12.3 Å². The van der Waals surface area contributed by atoms with Crippen molar-refractivity contribution < 1.29 is 19.1 Å². The topological polar surface area (TPSA) is 77.0 Å². The third-order valence-corrected chi connectivity index (χ3v) is 2.37. The molecule has 6 nitrogen and oxygen atoms in total. The van der Waals surface area contributed by atoms with Gasteiger partial charge in [0.05, 0.1) is 18.9 Å². The van der Waals surface area contributed by atoms with Gasteiger partial charge >= 0.3 is 11.9 Å². The first-order valence-electron chi connectivity index (χ1n) is 6.33. The fraction of sp³-hybridized carbons (Fsp3) is 0.357. The summed E-state index contributed by atoms with van der Waals surface area (Å²) in [6.45, 7) is 6.00. The molecule has 0 unspecified atom stereocenters. The van der Waals surface area contributed by atoms with E-state index < -0.39 is 11.9 Å². The molecule has 0 heterocycles. The Balaban J connectivity index is 2.64. The van der Waals surface area contributed by atoms with Crippen molar-refractivity contribution in [3.63, 3.8) is 0 Å². The lowest BCUT2D eigenvalue weighted by molar-refractivity contribution is -0.154. The van der Waals surface area contributed by atoms with Gasteiger partial charge in [-0.3, -0.25) is 4.79 Å². The number of carbonyl (C=O) groups excluding carboxylic acids is 2. The Morgan fingerprint density at radius 1 is 1.15 bits per heavy atom. The van der Waals surface area contributed by atoms with Gasteiger partial charge in [-0.15, -0.1) is 0 Å². The number of amides is 1. The van der Waals surface area contributed by atoms with Gasteiger partial charge in [0, 0.05) is 0 Å². The second-order valence-electron chi connectivity index (χ2n) is 3.82. The van der Waals surface area contributed by atoms with E-state index in [-0.39, 0.29) is 6.61 Å². The van der Waals surface area contributed by atoms with Crippen molar-refractivity contribution in [3.05, 3.63) is 29.8 Å². The van der Waals surface area contributed by atoms with Gasteiger partial charge in [-0.2, -0.15) is 5.10 Å². The Morgan fingerprint density at radius 3 is 2.35 bits per heavy atom. The first kappa shape index (κ1) is 15.7. The van der Waals surface area contributed by atoms with E-state index in [0.717, 1.165) is 11.3 Å². The van der Waals surface area contributed by atoms with E-state index in [2.05, 4.69) is 15.3 Å². The molecule has 0 saturated heterocycles. The van der Waals surface area contributed by atoms with E-state index in [9.17, 15) is 9.59 Å². The highest BCUT2D eigenvalue weighted by atomic mass is 16.5. The van der Waals surface area contributed by atoms with Crippen LogP contribution in [0.5, 0.6) is 5.75 Å². The largest absolute Gasteiger partial charge is 0.494 e. The molecule has 0 aliphatic rings. The molecule has 1 aromatic rings. The average Bonchev–Trinajstić information content (AvgIpc) is 2.45. The molecule has 6 heteroatoms. The van der Waals surface area contributed by atoms with Crippen LogP contribution in [0.25, 0.3) is 0 Å². The van der Waals surface area contributed by atoms with Gasteiger partial charge in [0.25, 0.3) is 0 Å². The molecule has 1 aromatic carbocycles. The zero-order valence-electron chi connectivity index (χ0n) is 11.8. The number of rotatable bonds is 5. The molecule has 1 N–H and O–H groups in total. The van der Waals surface area contributed by atoms with Crippen LogP contribution in [-0.2, 0) is 14.3 Å². The third kappa shape index (κ3) is 4.72. The van der Waals surface area contributed by atoms with Crippen molar-refractivity contribution in [3.8, 4) is 5.75 Å². The van der Waals surface area contributed by atoms with Crippen molar-refractivity contribution in [1.29, 1.82) is 0 Å². The molecule has 20 heavy (non-hydrogen) atoms. The number of benzene rings is 1. The van der Waals surface area contributed by atoms with Gasteiger partial charge in [0.1, 0.15) is 5.75 Å². The summed E-state index contributed by atoms with van der Waals surface area (Å²) in [5.41, 5.74) is 3.54. The summed E-state index contributed by atoms with van der Waals surface area (Å²) >= 11 is 0. The van der Waals surface area contributed by atoms with Gasteiger partial charge in [0.2, 0.25) is 0 Å². The first-order valence-corrected chi connectivity index (χ1v) is 6.33. The summed E-state index contributed by atoms with van der Waals surface area (Å²) in [7, 11) is 0. The maximum Gasteiger partial charge on any atom is 0.398 e. The minimum absolute atomic E-state index is 0.147. The van der Waals surface area contributed by atoms with Crippen LogP contribution < -0.4 is 10.2 Å². The number of hydrogen-bond acceptors (Lipinski definition) is 5. The van der Waals surface area contributed by atoms with Crippen molar-refractivity contribution in [1.82, 2.24) is 5.43 Å². The minimum Gasteiger partial charge on any atom is -0.494 e. The number of ether oxygens (including phenoxy) is 2. The Bertz CT molecular complexity index is 494. The molecule has 0 aliphatic heterocycles. The second-order valence-corrected chi connectivity index (χ2v) is 3.82. The molecule has 0 aromatic heterocycles.